The molecule has 1 saturated carbocycles. The number of thiophene rings is 1. The van der Waals surface area contributed by atoms with Crippen LogP contribution < -0.4 is 15.4 Å². The largest absolute Gasteiger partial charge is 0.453 e. The van der Waals surface area contributed by atoms with Crippen molar-refractivity contribution in [2.45, 2.75) is 19.4 Å². The Morgan fingerprint density at radius 2 is 1.90 bits per heavy atom. The minimum absolute atomic E-state index is 0.0485. The zero-order valence-electron chi connectivity index (χ0n) is 21.0. The Hall–Kier alpha value is -4.57. The number of nitrogens with zero attached hydrogens (tertiary/aromatic N) is 4. The standard InChI is InChI=1S/C29H24FN5O3S/c1-34-16-22(33-17-34)25-14-21-26(39-25)24(9-12-32-21)38-23-8-7-18(13-20(23)30)15-35(19-5-3-2-4-6-19)28(37)29(10-11-29)27(31)36/h2-9,12-14,16-17H,10-11,15H2,1H3,(H2,31,36). The van der Waals surface area contributed by atoms with Crippen molar-refractivity contribution in [1.82, 2.24) is 14.5 Å². The predicted molar refractivity (Wildman–Crippen MR) is 147 cm³/mol. The number of anilines is 1. The lowest BCUT2D eigenvalue weighted by Crippen LogP contribution is -2.43. The maximum Gasteiger partial charge on any atom is 0.242 e. The highest BCUT2D eigenvalue weighted by atomic mass is 32.1. The summed E-state index contributed by atoms with van der Waals surface area (Å²) >= 11 is 1.47. The van der Waals surface area contributed by atoms with Gasteiger partial charge in [0, 0.05) is 31.2 Å². The van der Waals surface area contributed by atoms with Crippen LogP contribution in [0.2, 0.25) is 0 Å². The second-order valence-electron chi connectivity index (χ2n) is 9.60. The number of nitrogens with two attached hydrogens (primary N) is 1. The van der Waals surface area contributed by atoms with E-state index in [4.69, 9.17) is 10.5 Å². The molecule has 0 aliphatic heterocycles. The molecule has 8 nitrogen and oxygen atoms in total. The Balaban J connectivity index is 1.27. The van der Waals surface area contributed by atoms with Crippen LogP contribution in [0.25, 0.3) is 20.8 Å². The maximum absolute atomic E-state index is 15.3. The molecule has 0 radical (unpaired) electrons. The average molecular weight is 542 g/mol. The molecule has 1 fully saturated rings. The zero-order chi connectivity index (χ0) is 27.1. The summed E-state index contributed by atoms with van der Waals surface area (Å²) in [6.07, 6.45) is 6.09. The van der Waals surface area contributed by atoms with Crippen molar-refractivity contribution in [3.8, 4) is 22.1 Å². The summed E-state index contributed by atoms with van der Waals surface area (Å²) in [7, 11) is 1.90. The number of hydrogen-bond acceptors (Lipinski definition) is 6. The lowest BCUT2D eigenvalue weighted by molar-refractivity contribution is -0.133. The summed E-state index contributed by atoms with van der Waals surface area (Å²) in [5, 5.41) is 0. The first-order valence-electron chi connectivity index (χ1n) is 12.3. The van der Waals surface area contributed by atoms with Crippen LogP contribution in [0.15, 0.2) is 79.4 Å². The summed E-state index contributed by atoms with van der Waals surface area (Å²) < 4.78 is 24.0. The number of carbonyl (C=O) groups is 2. The van der Waals surface area contributed by atoms with Gasteiger partial charge >= 0.3 is 0 Å². The van der Waals surface area contributed by atoms with Gasteiger partial charge in [0.1, 0.15) is 11.2 Å². The molecule has 10 heteroatoms. The van der Waals surface area contributed by atoms with E-state index in [1.54, 1.807) is 55.0 Å². The van der Waals surface area contributed by atoms with Crippen molar-refractivity contribution in [2.24, 2.45) is 18.2 Å². The number of imidazole rings is 1. The fourth-order valence-corrected chi connectivity index (χ4v) is 5.55. The molecule has 0 spiro atoms. The molecule has 1 aliphatic carbocycles. The number of benzene rings is 2. The summed E-state index contributed by atoms with van der Waals surface area (Å²) in [5.74, 6) is -1.05. The fraction of sp³-hybridized carbons (Fsp3) is 0.172. The number of hydrogen-bond donors (Lipinski definition) is 1. The van der Waals surface area contributed by atoms with Crippen molar-refractivity contribution in [1.29, 1.82) is 0 Å². The maximum atomic E-state index is 15.3. The van der Waals surface area contributed by atoms with Crippen molar-refractivity contribution >= 4 is 39.1 Å². The second-order valence-corrected chi connectivity index (χ2v) is 10.7. The Morgan fingerprint density at radius 1 is 1.10 bits per heavy atom. The molecular weight excluding hydrogens is 517 g/mol. The van der Waals surface area contributed by atoms with Gasteiger partial charge in [-0.3, -0.25) is 14.6 Å². The third-order valence-corrected chi connectivity index (χ3v) is 8.00. The van der Waals surface area contributed by atoms with Gasteiger partial charge in [-0.2, -0.15) is 0 Å². The number of carbonyl (C=O) groups excluding carboxylic acids is 2. The molecule has 1 aliphatic rings. The van der Waals surface area contributed by atoms with Crippen LogP contribution in [0, 0.1) is 11.2 Å². The first kappa shape index (κ1) is 24.7. The monoisotopic (exact) mass is 541 g/mol. The van der Waals surface area contributed by atoms with Crippen LogP contribution in [0.4, 0.5) is 10.1 Å². The van der Waals surface area contributed by atoms with Crippen molar-refractivity contribution in [2.75, 3.05) is 4.90 Å². The van der Waals surface area contributed by atoms with Gasteiger partial charge in [0.05, 0.1) is 33.7 Å². The second kappa shape index (κ2) is 9.63. The van der Waals surface area contributed by atoms with Gasteiger partial charge in [-0.15, -0.1) is 11.3 Å². The van der Waals surface area contributed by atoms with Gasteiger partial charge in [0.25, 0.3) is 0 Å². The number of ether oxygens (including phenoxy) is 1. The molecule has 6 rings (SSSR count). The molecule has 0 unspecified atom stereocenters. The van der Waals surface area contributed by atoms with Gasteiger partial charge in [0.2, 0.25) is 11.8 Å². The third kappa shape index (κ3) is 4.63. The van der Waals surface area contributed by atoms with E-state index in [0.717, 1.165) is 20.8 Å². The molecule has 0 saturated heterocycles. The minimum Gasteiger partial charge on any atom is -0.453 e. The molecule has 3 heterocycles. The topological polar surface area (TPSA) is 103 Å². The number of aromatic nitrogens is 3. The summed E-state index contributed by atoms with van der Waals surface area (Å²) in [4.78, 5) is 36.7. The Kier molecular flexibility index (Phi) is 6.11. The number of halogens is 1. The van der Waals surface area contributed by atoms with Crippen LogP contribution in [0.3, 0.4) is 0 Å². The molecular formula is C29H24FN5O3S. The van der Waals surface area contributed by atoms with E-state index in [9.17, 15) is 9.59 Å². The number of fused-ring (bicyclic) bond motifs is 1. The fourth-order valence-electron chi connectivity index (χ4n) is 4.53. The molecule has 196 valence electrons. The van der Waals surface area contributed by atoms with Gasteiger partial charge in [0.15, 0.2) is 11.6 Å². The third-order valence-electron chi connectivity index (χ3n) is 6.83. The molecule has 0 bridgehead atoms. The van der Waals surface area contributed by atoms with Gasteiger partial charge in [-0.25, -0.2) is 9.37 Å². The number of pyridine rings is 1. The van der Waals surface area contributed by atoms with Crippen molar-refractivity contribution in [3.63, 3.8) is 0 Å². The molecule has 3 aromatic heterocycles. The van der Waals surface area contributed by atoms with Gasteiger partial charge < -0.3 is 19.9 Å². The van der Waals surface area contributed by atoms with Crippen molar-refractivity contribution in [3.05, 3.63) is 90.8 Å². The zero-order valence-corrected chi connectivity index (χ0v) is 21.8. The molecule has 2 aromatic carbocycles. The summed E-state index contributed by atoms with van der Waals surface area (Å²) in [5.41, 5.74) is 7.08. The van der Waals surface area contributed by atoms with E-state index in [1.807, 2.05) is 29.9 Å². The van der Waals surface area contributed by atoms with Crippen LogP contribution in [0.5, 0.6) is 11.5 Å². The lowest BCUT2D eigenvalue weighted by atomic mass is 10.0. The molecule has 0 atom stereocenters. The Labute approximate surface area is 227 Å². The van der Waals surface area contributed by atoms with Crippen LogP contribution >= 0.6 is 11.3 Å². The highest BCUT2D eigenvalue weighted by Gasteiger charge is 2.57. The quantitative estimate of drug-likeness (QED) is 0.264. The van der Waals surface area contributed by atoms with Crippen LogP contribution in [-0.2, 0) is 23.2 Å². The van der Waals surface area contributed by atoms with Crippen molar-refractivity contribution < 1.29 is 18.7 Å². The molecule has 2 N–H and O–H groups in total. The normalized spacial score (nSPS) is 13.8. The highest BCUT2D eigenvalue weighted by molar-refractivity contribution is 7.22. The summed E-state index contributed by atoms with van der Waals surface area (Å²) in [6.45, 7) is 0.0763. The lowest BCUT2D eigenvalue weighted by Gasteiger charge is -2.26. The first-order chi connectivity index (χ1) is 18.8. The minimum atomic E-state index is -1.20. The van der Waals surface area contributed by atoms with Crippen LogP contribution in [0.1, 0.15) is 18.4 Å². The van der Waals surface area contributed by atoms with Gasteiger partial charge in [-0.05, 0) is 48.7 Å². The first-order valence-corrected chi connectivity index (χ1v) is 13.2. The van der Waals surface area contributed by atoms with E-state index in [-0.39, 0.29) is 18.2 Å². The van der Waals surface area contributed by atoms with Gasteiger partial charge in [-0.1, -0.05) is 24.3 Å². The van der Waals surface area contributed by atoms with E-state index in [1.165, 1.54) is 22.3 Å². The number of primary amides is 1. The SMILES string of the molecule is Cn1cnc(-c2cc3nccc(Oc4ccc(CN(C(=O)C5(C(N)=O)CC5)c5ccccc5)cc4F)c3s2)c1. The number of aryl methyl sites for hydroxylation is 1. The van der Waals surface area contributed by atoms with E-state index >= 15 is 4.39 Å². The Morgan fingerprint density at radius 3 is 2.56 bits per heavy atom. The summed E-state index contributed by atoms with van der Waals surface area (Å²) in [6, 6.07) is 17.2. The smallest absolute Gasteiger partial charge is 0.242 e. The molecule has 5 aromatic rings. The predicted octanol–water partition coefficient (Wildman–Crippen LogP) is 5.43. The van der Waals surface area contributed by atoms with E-state index in [2.05, 4.69) is 9.97 Å². The average Bonchev–Trinajstić information content (AvgIpc) is 3.46. The molecule has 2 amide bonds. The highest BCUT2D eigenvalue weighted by Crippen LogP contribution is 2.48. The number of amides is 2. The Bertz CT molecular complexity index is 1710. The van der Waals surface area contributed by atoms with E-state index < -0.39 is 17.1 Å². The van der Waals surface area contributed by atoms with Crippen LogP contribution in [-0.4, -0.2) is 26.3 Å². The number of rotatable bonds is 8. The number of para-hydroxylation sites is 1. The van der Waals surface area contributed by atoms with E-state index in [0.29, 0.717) is 29.8 Å². The molecule has 39 heavy (non-hydrogen) atoms.